The van der Waals surface area contributed by atoms with Crippen molar-refractivity contribution in [3.63, 3.8) is 0 Å². The molecule has 0 radical (unpaired) electrons. The molecule has 4 atom stereocenters. The average Bonchev–Trinajstić information content (AvgIpc) is 3.12. The summed E-state index contributed by atoms with van der Waals surface area (Å²) in [5, 5.41) is 23.1. The van der Waals surface area contributed by atoms with Gasteiger partial charge in [0, 0.05) is 12.3 Å². The maximum Gasteiger partial charge on any atom is 0.326 e. The van der Waals surface area contributed by atoms with Crippen molar-refractivity contribution in [1.82, 2.24) is 15.5 Å². The van der Waals surface area contributed by atoms with Gasteiger partial charge < -0.3 is 31.5 Å². The molecule has 4 unspecified atom stereocenters. The number of rotatable bonds is 10. The van der Waals surface area contributed by atoms with Gasteiger partial charge in [-0.3, -0.25) is 19.2 Å². The highest BCUT2D eigenvalue weighted by Gasteiger charge is 2.40. The van der Waals surface area contributed by atoms with Crippen LogP contribution in [-0.4, -0.2) is 81.2 Å². The summed E-state index contributed by atoms with van der Waals surface area (Å²) in [5.74, 6) is -4.98. The molecule has 1 aliphatic rings. The van der Waals surface area contributed by atoms with E-state index in [-0.39, 0.29) is 18.2 Å². The van der Waals surface area contributed by atoms with E-state index in [9.17, 15) is 29.1 Å². The van der Waals surface area contributed by atoms with E-state index in [0.29, 0.717) is 12.8 Å². The molecule has 0 aromatic carbocycles. The average molecular weight is 432 g/mol. The van der Waals surface area contributed by atoms with Crippen LogP contribution in [0.25, 0.3) is 0 Å². The number of carbonyl (C=O) groups excluding carboxylic acids is 3. The second-order valence-corrected chi connectivity index (χ2v) is 7.57. The number of thiol groups is 1. The first kappa shape index (κ1) is 24.7. The van der Waals surface area contributed by atoms with Crippen molar-refractivity contribution < 1.29 is 34.2 Å². The lowest BCUT2D eigenvalue weighted by Crippen LogP contribution is -2.57. The molecule has 1 fully saturated rings. The van der Waals surface area contributed by atoms with Crippen LogP contribution in [0.5, 0.6) is 0 Å². The van der Waals surface area contributed by atoms with Crippen molar-refractivity contribution >= 4 is 42.3 Å². The van der Waals surface area contributed by atoms with Crippen LogP contribution in [0, 0.1) is 5.92 Å². The summed E-state index contributed by atoms with van der Waals surface area (Å²) in [6.07, 6.45) is 0.0947. The highest BCUT2D eigenvalue weighted by molar-refractivity contribution is 7.80. The first-order valence-electron chi connectivity index (χ1n) is 9.21. The summed E-state index contributed by atoms with van der Waals surface area (Å²) in [4.78, 5) is 61.1. The van der Waals surface area contributed by atoms with Gasteiger partial charge in [-0.15, -0.1) is 0 Å². The lowest BCUT2D eigenvalue weighted by Gasteiger charge is -2.29. The van der Waals surface area contributed by atoms with Gasteiger partial charge in [0.2, 0.25) is 17.7 Å². The highest BCUT2D eigenvalue weighted by atomic mass is 32.1. The first-order chi connectivity index (χ1) is 13.5. The van der Waals surface area contributed by atoms with Crippen molar-refractivity contribution in [2.24, 2.45) is 11.7 Å². The normalized spacial score (nSPS) is 19.3. The Morgan fingerprint density at radius 2 is 1.79 bits per heavy atom. The fourth-order valence-electron chi connectivity index (χ4n) is 3.00. The maximum absolute atomic E-state index is 12.9. The summed E-state index contributed by atoms with van der Waals surface area (Å²) in [5.41, 5.74) is 5.56. The summed E-state index contributed by atoms with van der Waals surface area (Å²) < 4.78 is 0. The summed E-state index contributed by atoms with van der Waals surface area (Å²) in [6.45, 7) is 3.46. The van der Waals surface area contributed by atoms with Gasteiger partial charge in [-0.1, -0.05) is 13.8 Å². The third-order valence-corrected chi connectivity index (χ3v) is 4.99. The smallest absolute Gasteiger partial charge is 0.326 e. The van der Waals surface area contributed by atoms with E-state index in [4.69, 9.17) is 10.8 Å². The number of carboxylic acids is 2. The van der Waals surface area contributed by atoms with Crippen LogP contribution in [-0.2, 0) is 24.0 Å². The Bertz CT molecular complexity index is 658. The Kier molecular flexibility index (Phi) is 9.37. The largest absolute Gasteiger partial charge is 0.481 e. The Labute approximate surface area is 173 Å². The van der Waals surface area contributed by atoms with Crippen LogP contribution in [0.3, 0.4) is 0 Å². The van der Waals surface area contributed by atoms with Crippen LogP contribution in [0.1, 0.15) is 33.1 Å². The van der Waals surface area contributed by atoms with Gasteiger partial charge in [0.05, 0.1) is 12.5 Å². The van der Waals surface area contributed by atoms with Crippen molar-refractivity contribution in [3.8, 4) is 0 Å². The van der Waals surface area contributed by atoms with E-state index in [1.807, 2.05) is 0 Å². The second kappa shape index (κ2) is 11.0. The van der Waals surface area contributed by atoms with Crippen LogP contribution >= 0.6 is 12.6 Å². The Hall–Kier alpha value is -2.34. The zero-order chi connectivity index (χ0) is 22.3. The summed E-state index contributed by atoms with van der Waals surface area (Å²) in [6, 6.07) is -4.50. The van der Waals surface area contributed by atoms with Crippen molar-refractivity contribution in [2.75, 3.05) is 12.3 Å². The topological polar surface area (TPSA) is 179 Å². The molecule has 1 aliphatic heterocycles. The molecule has 164 valence electrons. The standard InChI is InChI=1S/C17H28N4O7S/c1-8(2)13(17(27)28)20-15(25)11-4-3-5-21(11)16(26)10(6-12(22)23)19-14(24)9(18)7-29/h8-11,13,29H,3-7,18H2,1-2H3,(H,19,24)(H,20,25)(H,22,23)(H,27,28). The van der Waals surface area contributed by atoms with E-state index in [1.165, 1.54) is 4.90 Å². The molecule has 0 spiro atoms. The number of amides is 3. The highest BCUT2D eigenvalue weighted by Crippen LogP contribution is 2.20. The van der Waals surface area contributed by atoms with Crippen molar-refractivity contribution in [3.05, 3.63) is 0 Å². The molecule has 3 amide bonds. The third kappa shape index (κ3) is 6.89. The number of carbonyl (C=O) groups is 5. The molecule has 0 bridgehead atoms. The predicted molar refractivity (Wildman–Crippen MR) is 105 cm³/mol. The minimum Gasteiger partial charge on any atom is -0.481 e. The molecule has 6 N–H and O–H groups in total. The minimum atomic E-state index is -1.40. The molecule has 29 heavy (non-hydrogen) atoms. The predicted octanol–water partition coefficient (Wildman–Crippen LogP) is -1.58. The molecule has 11 nitrogen and oxygen atoms in total. The van der Waals surface area contributed by atoms with Gasteiger partial charge in [0.25, 0.3) is 0 Å². The number of hydrogen-bond donors (Lipinski definition) is 6. The van der Waals surface area contributed by atoms with E-state index in [0.717, 1.165) is 0 Å². The molecule has 0 aliphatic carbocycles. The van der Waals surface area contributed by atoms with Crippen LogP contribution in [0.15, 0.2) is 0 Å². The number of hydrogen-bond acceptors (Lipinski definition) is 7. The van der Waals surface area contributed by atoms with Crippen molar-refractivity contribution in [2.45, 2.75) is 57.3 Å². The SMILES string of the molecule is CC(C)C(NC(=O)C1CCCN1C(=O)C(CC(=O)O)NC(=O)C(N)CS)C(=O)O. The fourth-order valence-corrected chi connectivity index (χ4v) is 3.17. The minimum absolute atomic E-state index is 0.000337. The zero-order valence-electron chi connectivity index (χ0n) is 16.3. The molecule has 12 heteroatoms. The monoisotopic (exact) mass is 432 g/mol. The molecular formula is C17H28N4O7S. The molecule has 0 saturated carbocycles. The number of aliphatic carboxylic acids is 2. The molecule has 0 aromatic heterocycles. The van der Waals surface area contributed by atoms with E-state index < -0.39 is 60.2 Å². The van der Waals surface area contributed by atoms with Crippen molar-refractivity contribution in [1.29, 1.82) is 0 Å². The molecule has 1 heterocycles. The first-order valence-corrected chi connectivity index (χ1v) is 9.85. The van der Waals surface area contributed by atoms with Crippen LogP contribution in [0.2, 0.25) is 0 Å². The van der Waals surface area contributed by atoms with Crippen LogP contribution < -0.4 is 16.4 Å². The number of likely N-dealkylation sites (tertiary alicyclic amines) is 1. The molecule has 0 aromatic rings. The second-order valence-electron chi connectivity index (χ2n) is 7.21. The van der Waals surface area contributed by atoms with Crippen LogP contribution in [0.4, 0.5) is 0 Å². The number of carboxylic acid groups (broad SMARTS) is 2. The van der Waals surface area contributed by atoms with Gasteiger partial charge in [-0.25, -0.2) is 4.79 Å². The molecule has 1 saturated heterocycles. The number of nitrogens with two attached hydrogens (primary N) is 1. The van der Waals surface area contributed by atoms with E-state index in [1.54, 1.807) is 13.8 Å². The Morgan fingerprint density at radius 1 is 1.17 bits per heavy atom. The van der Waals surface area contributed by atoms with Gasteiger partial charge in [0.1, 0.15) is 18.1 Å². The molecular weight excluding hydrogens is 404 g/mol. The Balaban J connectivity index is 2.96. The fraction of sp³-hybridized carbons (Fsp3) is 0.706. The summed E-state index contributed by atoms with van der Waals surface area (Å²) in [7, 11) is 0. The molecule has 1 rings (SSSR count). The van der Waals surface area contributed by atoms with Gasteiger partial charge in [0.15, 0.2) is 0 Å². The number of nitrogens with one attached hydrogen (secondary N) is 2. The third-order valence-electron chi connectivity index (χ3n) is 4.60. The van der Waals surface area contributed by atoms with Gasteiger partial charge in [-0.2, -0.15) is 12.6 Å². The lowest BCUT2D eigenvalue weighted by atomic mass is 10.0. The van der Waals surface area contributed by atoms with Gasteiger partial charge in [-0.05, 0) is 18.8 Å². The maximum atomic E-state index is 12.9. The quantitative estimate of drug-likeness (QED) is 0.224. The number of nitrogens with zero attached hydrogens (tertiary/aromatic N) is 1. The zero-order valence-corrected chi connectivity index (χ0v) is 17.2. The lowest BCUT2D eigenvalue weighted by molar-refractivity contribution is -0.147. The summed E-state index contributed by atoms with van der Waals surface area (Å²) >= 11 is 3.89. The van der Waals surface area contributed by atoms with Gasteiger partial charge >= 0.3 is 11.9 Å². The van der Waals surface area contributed by atoms with E-state index in [2.05, 4.69) is 23.3 Å². The Morgan fingerprint density at radius 3 is 2.28 bits per heavy atom. The van der Waals surface area contributed by atoms with E-state index >= 15 is 0 Å².